The summed E-state index contributed by atoms with van der Waals surface area (Å²) in [6.07, 6.45) is 6.30. The maximum Gasteiger partial charge on any atom is 3.00 e. The van der Waals surface area contributed by atoms with Crippen LogP contribution in [0.5, 0.6) is 46.0 Å². The number of likely N-dealkylation sites (N-methyl/N-ethyl adjacent to an activating group) is 2. The van der Waals surface area contributed by atoms with Crippen LogP contribution in [0.15, 0.2) is 238 Å². The Balaban J connectivity index is 0.000000232. The zero-order chi connectivity index (χ0) is 68.1. The average Bonchev–Trinajstić information content (AvgIpc) is 0.760. The first-order chi connectivity index (χ1) is 46.7. The van der Waals surface area contributed by atoms with Crippen LogP contribution in [0, 0.1) is 0 Å². The van der Waals surface area contributed by atoms with E-state index >= 15 is 0 Å². The first kappa shape index (κ1) is 76.2. The van der Waals surface area contributed by atoms with E-state index in [1.54, 1.807) is 97.7 Å². The van der Waals surface area contributed by atoms with Gasteiger partial charge in [-0.05, 0) is 155 Å². The molecule has 0 saturated carbocycles. The molecule has 98 heavy (non-hydrogen) atoms. The standard InChI is InChI=1S/2C36H28N2O4.2C4H10NO.2Y/c2*1-41-31-15-7-11-25(35(31)39)21-37-29-19-17-23-9-3-5-13-27(23)33(29)34-28-14-6-4-10-24(28)18-20-30(34)38-22-26-12-8-16-32(42-2)36(26)40;2*1-5(2)3-4-6;;/h2*3-22,39-40H,1-2H3;2*3-4H2,1-2H3;;/q;;2*-1;2*+3/p-4. The Morgan fingerprint density at radius 3 is 0.694 bits per heavy atom. The number of methoxy groups -OCH3 is 4. The molecule has 0 N–H and O–H groups in total. The van der Waals surface area contributed by atoms with E-state index in [0.29, 0.717) is 58.1 Å². The van der Waals surface area contributed by atoms with E-state index in [1.807, 2.05) is 135 Å². The SMILES string of the molecule is CN(C)CC[O-].CN(C)CC[O-].COc1cccc(C=Nc2ccc3ccccc3c2-c2c(N=Cc3cccc(OC)c3[O-])ccc3ccccc23)c1[O-].COc1cccc(C=Nc2ccc3ccccc3c2-c2c(N=Cc3cccc(OC)c3[O-])ccc3ccccc23)c1[O-].[Y+3].[Y+3]. The third kappa shape index (κ3) is 18.7. The van der Waals surface area contributed by atoms with Gasteiger partial charge in [-0.2, -0.15) is 0 Å². The van der Waals surface area contributed by atoms with Gasteiger partial charge >= 0.3 is 65.4 Å². The molecule has 0 aliphatic heterocycles. The van der Waals surface area contributed by atoms with Gasteiger partial charge in [0.15, 0.2) is 0 Å². The first-order valence-corrected chi connectivity index (χ1v) is 30.8. The normalized spacial score (nSPS) is 11.1. The van der Waals surface area contributed by atoms with E-state index < -0.39 is 0 Å². The predicted octanol–water partition coefficient (Wildman–Crippen LogP) is 12.5. The van der Waals surface area contributed by atoms with Crippen molar-refractivity contribution in [3.05, 3.63) is 241 Å². The van der Waals surface area contributed by atoms with Crippen LogP contribution in [0.3, 0.4) is 0 Å². The minimum Gasteiger partial charge on any atom is -0.870 e. The van der Waals surface area contributed by atoms with Crippen LogP contribution in [0.2, 0.25) is 0 Å². The minimum atomic E-state index is -0.228. The molecule has 0 aliphatic rings. The molecule has 0 spiro atoms. The summed E-state index contributed by atoms with van der Waals surface area (Å²) in [6, 6.07) is 68.8. The third-order valence-corrected chi connectivity index (χ3v) is 15.5. The number of nitrogens with zero attached hydrogens (tertiary/aromatic N) is 6. The summed E-state index contributed by atoms with van der Waals surface area (Å²) in [6.45, 7) is 1.32. The number of fused-ring (bicyclic) bond motifs is 4. The molecule has 12 rings (SSSR count). The molecule has 0 atom stereocenters. The number of ether oxygens (including phenoxy) is 4. The van der Waals surface area contributed by atoms with Crippen molar-refractivity contribution < 1.29 is 115 Å². The smallest absolute Gasteiger partial charge is 0.870 e. The molecule has 0 radical (unpaired) electrons. The van der Waals surface area contributed by atoms with Crippen LogP contribution in [-0.4, -0.2) is 118 Å². The first-order valence-electron chi connectivity index (χ1n) is 30.8. The molecular weight excluding hydrogens is 1380 g/mol. The van der Waals surface area contributed by atoms with Crippen molar-refractivity contribution in [1.82, 2.24) is 9.80 Å². The molecule has 0 aromatic heterocycles. The largest absolute Gasteiger partial charge is 3.00 e. The number of hydrogen-bond donors (Lipinski definition) is 0. The van der Waals surface area contributed by atoms with Crippen molar-refractivity contribution in [2.24, 2.45) is 20.0 Å². The van der Waals surface area contributed by atoms with Crippen LogP contribution in [0.1, 0.15) is 22.3 Å². The van der Waals surface area contributed by atoms with Gasteiger partial charge in [-0.3, -0.25) is 20.0 Å². The Labute approximate surface area is 622 Å². The van der Waals surface area contributed by atoms with Crippen LogP contribution < -0.4 is 49.6 Å². The van der Waals surface area contributed by atoms with Gasteiger partial charge < -0.3 is 59.4 Å². The molecule has 0 saturated heterocycles. The Morgan fingerprint density at radius 2 is 0.510 bits per heavy atom. The van der Waals surface area contributed by atoms with Crippen molar-refractivity contribution in [1.29, 1.82) is 0 Å². The van der Waals surface area contributed by atoms with E-state index in [9.17, 15) is 30.6 Å². The van der Waals surface area contributed by atoms with E-state index in [1.165, 1.54) is 28.4 Å². The molecule has 12 aromatic carbocycles. The molecular formula is C80H72N6O10Y2. The van der Waals surface area contributed by atoms with Gasteiger partial charge in [0.2, 0.25) is 0 Å². The summed E-state index contributed by atoms with van der Waals surface area (Å²) in [4.78, 5) is 23.1. The van der Waals surface area contributed by atoms with Crippen LogP contribution in [0.25, 0.3) is 65.3 Å². The Morgan fingerprint density at radius 1 is 0.296 bits per heavy atom. The second-order valence-electron chi connectivity index (χ2n) is 22.3. The van der Waals surface area contributed by atoms with Gasteiger partial charge in [0.25, 0.3) is 0 Å². The van der Waals surface area contributed by atoms with Crippen LogP contribution >= 0.6 is 0 Å². The zero-order valence-electron chi connectivity index (χ0n) is 55.8. The van der Waals surface area contributed by atoms with Crippen molar-refractivity contribution >= 4 is 90.7 Å². The number of rotatable bonds is 18. The fourth-order valence-electron chi connectivity index (χ4n) is 10.6. The fraction of sp³-hybridized carbons (Fsp3) is 0.150. The summed E-state index contributed by atoms with van der Waals surface area (Å²) in [7, 11) is 13.4. The Hall–Kier alpha value is -9.19. The van der Waals surface area contributed by atoms with Crippen LogP contribution in [0.4, 0.5) is 22.7 Å². The molecule has 0 heterocycles. The van der Waals surface area contributed by atoms with Crippen LogP contribution in [-0.2, 0) is 65.4 Å². The quantitative estimate of drug-likeness (QED) is 0.0730. The molecule has 0 aliphatic carbocycles. The molecule has 0 unspecified atom stereocenters. The van der Waals surface area contributed by atoms with E-state index in [4.69, 9.17) is 38.9 Å². The molecule has 0 amide bonds. The summed E-state index contributed by atoms with van der Waals surface area (Å²) >= 11 is 0. The second kappa shape index (κ2) is 37.5. The summed E-state index contributed by atoms with van der Waals surface area (Å²) in [5, 5.41) is 78.8. The molecule has 12 aromatic rings. The van der Waals surface area contributed by atoms with Gasteiger partial charge in [0, 0.05) is 47.1 Å². The molecule has 16 nitrogen and oxygen atoms in total. The van der Waals surface area contributed by atoms with E-state index in [2.05, 4.69) is 48.5 Å². The molecule has 0 fully saturated rings. The van der Waals surface area contributed by atoms with E-state index in [0.717, 1.165) is 65.3 Å². The number of hydrogen-bond acceptors (Lipinski definition) is 16. The molecule has 18 heteroatoms. The Kier molecular flexibility index (Phi) is 29.2. The summed E-state index contributed by atoms with van der Waals surface area (Å²) in [5.74, 6) is 0.137. The third-order valence-electron chi connectivity index (χ3n) is 15.5. The topological polar surface area (TPSA) is 231 Å². The zero-order valence-corrected chi connectivity index (χ0v) is 61.5. The summed E-state index contributed by atoms with van der Waals surface area (Å²) < 4.78 is 20.9. The van der Waals surface area contributed by atoms with Crippen molar-refractivity contribution in [3.63, 3.8) is 0 Å². The fourth-order valence-corrected chi connectivity index (χ4v) is 10.6. The van der Waals surface area contributed by atoms with Crippen molar-refractivity contribution in [2.45, 2.75) is 0 Å². The van der Waals surface area contributed by atoms with Crippen molar-refractivity contribution in [3.8, 4) is 68.2 Å². The van der Waals surface area contributed by atoms with E-state index in [-0.39, 0.29) is 125 Å². The number of aliphatic imine (C=N–C) groups is 4. The summed E-state index contributed by atoms with van der Waals surface area (Å²) in [5.41, 5.74) is 7.88. The number of para-hydroxylation sites is 4. The van der Waals surface area contributed by atoms with Gasteiger partial charge in [-0.15, -0.1) is 13.2 Å². The molecule has 0 bridgehead atoms. The molecule has 488 valence electrons. The predicted molar refractivity (Wildman–Crippen MR) is 379 cm³/mol. The second-order valence-corrected chi connectivity index (χ2v) is 22.3. The Bertz CT molecular complexity index is 4200. The monoisotopic (exact) mass is 1450 g/mol. The minimum absolute atomic E-state index is 0. The maximum absolute atomic E-state index is 12.8. The van der Waals surface area contributed by atoms with Gasteiger partial charge in [0.05, 0.1) is 51.2 Å². The maximum atomic E-state index is 12.8. The van der Waals surface area contributed by atoms with Gasteiger partial charge in [-0.25, -0.2) is 0 Å². The van der Waals surface area contributed by atoms with Gasteiger partial charge in [-0.1, -0.05) is 193 Å². The average molecular weight is 1460 g/mol. The van der Waals surface area contributed by atoms with Crippen molar-refractivity contribution in [2.75, 3.05) is 82.9 Å². The van der Waals surface area contributed by atoms with Gasteiger partial charge in [0.1, 0.15) is 23.0 Å². The number of benzene rings is 12.